The lowest BCUT2D eigenvalue weighted by Crippen LogP contribution is -2.15. The second kappa shape index (κ2) is 5.48. The number of rotatable bonds is 2. The van der Waals surface area contributed by atoms with Crippen molar-refractivity contribution in [3.8, 4) is 0 Å². The summed E-state index contributed by atoms with van der Waals surface area (Å²) in [6.45, 7) is 3.87. The maximum atomic E-state index is 12.2. The van der Waals surface area contributed by atoms with Crippen LogP contribution in [0.5, 0.6) is 0 Å². The van der Waals surface area contributed by atoms with Gasteiger partial charge in [-0.1, -0.05) is 12.1 Å². The Morgan fingerprint density at radius 1 is 1.22 bits per heavy atom. The summed E-state index contributed by atoms with van der Waals surface area (Å²) in [5, 5.41) is 2.89. The van der Waals surface area contributed by atoms with Gasteiger partial charge >= 0.3 is 0 Å². The number of benzene rings is 1. The first-order chi connectivity index (χ1) is 8.59. The molecule has 92 valence electrons. The minimum Gasteiger partial charge on any atom is -0.320 e. The third-order valence-electron chi connectivity index (χ3n) is 2.69. The predicted molar refractivity (Wildman–Crippen MR) is 80.8 cm³/mol. The van der Waals surface area contributed by atoms with Crippen molar-refractivity contribution in [1.29, 1.82) is 0 Å². The maximum absolute atomic E-state index is 12.2. The first-order valence-corrected chi connectivity index (χ1v) is 6.65. The van der Waals surface area contributed by atoms with E-state index in [-0.39, 0.29) is 5.91 Å². The number of halogens is 1. The molecule has 0 saturated heterocycles. The van der Waals surface area contributed by atoms with Crippen LogP contribution < -0.4 is 5.32 Å². The van der Waals surface area contributed by atoms with Crippen molar-refractivity contribution in [2.75, 3.05) is 5.32 Å². The molecule has 1 heterocycles. The van der Waals surface area contributed by atoms with Crippen LogP contribution in [0.3, 0.4) is 0 Å². The van der Waals surface area contributed by atoms with E-state index < -0.39 is 0 Å². The average Bonchev–Trinajstić information content (AvgIpc) is 2.35. The molecule has 1 amide bonds. The van der Waals surface area contributed by atoms with Gasteiger partial charge in [-0.15, -0.1) is 0 Å². The highest BCUT2D eigenvalue weighted by Crippen LogP contribution is 2.19. The molecule has 0 aliphatic carbocycles. The summed E-state index contributed by atoms with van der Waals surface area (Å²) >= 11 is 2.20. The molecule has 0 unspecified atom stereocenters. The number of hydrogen-bond acceptors (Lipinski definition) is 2. The van der Waals surface area contributed by atoms with E-state index in [4.69, 9.17) is 0 Å². The van der Waals surface area contributed by atoms with Crippen LogP contribution in [0.25, 0.3) is 0 Å². The van der Waals surface area contributed by atoms with Gasteiger partial charge in [0.15, 0.2) is 0 Å². The zero-order chi connectivity index (χ0) is 13.1. The molecule has 3 nitrogen and oxygen atoms in total. The third kappa shape index (κ3) is 2.69. The minimum atomic E-state index is -0.0980. The highest BCUT2D eigenvalue weighted by molar-refractivity contribution is 14.1. The number of nitrogens with zero attached hydrogens (tertiary/aromatic N) is 1. The van der Waals surface area contributed by atoms with Crippen molar-refractivity contribution < 1.29 is 4.79 Å². The Bertz CT molecular complexity index is 596. The number of amides is 1. The smallest absolute Gasteiger partial charge is 0.256 e. The zero-order valence-electron chi connectivity index (χ0n) is 10.2. The lowest BCUT2D eigenvalue weighted by Gasteiger charge is -2.09. The molecule has 0 aliphatic heterocycles. The SMILES string of the molecule is Cc1cccc(C(=O)Nc2cccnc2C)c1I. The van der Waals surface area contributed by atoms with Crippen LogP contribution in [0.15, 0.2) is 36.5 Å². The lowest BCUT2D eigenvalue weighted by atomic mass is 10.1. The number of carbonyl (C=O) groups excluding carboxylic acids is 1. The molecule has 4 heteroatoms. The van der Waals surface area contributed by atoms with Gasteiger partial charge in [-0.3, -0.25) is 9.78 Å². The number of anilines is 1. The van der Waals surface area contributed by atoms with Gasteiger partial charge in [0.2, 0.25) is 0 Å². The normalized spacial score (nSPS) is 10.2. The Labute approximate surface area is 120 Å². The molecule has 2 aromatic rings. The van der Waals surface area contributed by atoms with E-state index in [1.165, 1.54) is 0 Å². The second-order valence-corrected chi connectivity index (χ2v) is 5.11. The van der Waals surface area contributed by atoms with Crippen molar-refractivity contribution in [2.45, 2.75) is 13.8 Å². The monoisotopic (exact) mass is 352 g/mol. The van der Waals surface area contributed by atoms with E-state index >= 15 is 0 Å². The Balaban J connectivity index is 2.28. The van der Waals surface area contributed by atoms with Gasteiger partial charge < -0.3 is 5.32 Å². The molecular weight excluding hydrogens is 339 g/mol. The summed E-state index contributed by atoms with van der Waals surface area (Å²) < 4.78 is 0.981. The van der Waals surface area contributed by atoms with Gasteiger partial charge in [0.05, 0.1) is 16.9 Å². The average molecular weight is 352 g/mol. The van der Waals surface area contributed by atoms with Crippen molar-refractivity contribution >= 4 is 34.2 Å². The molecule has 0 saturated carbocycles. The summed E-state index contributed by atoms with van der Waals surface area (Å²) in [5.41, 5.74) is 3.36. The van der Waals surface area contributed by atoms with Crippen LogP contribution in [-0.4, -0.2) is 10.9 Å². The van der Waals surface area contributed by atoms with E-state index in [0.717, 1.165) is 20.5 Å². The predicted octanol–water partition coefficient (Wildman–Crippen LogP) is 3.56. The first kappa shape index (κ1) is 13.0. The number of aromatic nitrogens is 1. The Morgan fingerprint density at radius 3 is 2.72 bits per heavy atom. The van der Waals surface area contributed by atoms with E-state index in [9.17, 15) is 4.79 Å². The van der Waals surface area contributed by atoms with Crippen LogP contribution in [0.2, 0.25) is 0 Å². The topological polar surface area (TPSA) is 42.0 Å². The van der Waals surface area contributed by atoms with Gasteiger partial charge in [-0.25, -0.2) is 0 Å². The summed E-state index contributed by atoms with van der Waals surface area (Å²) in [6, 6.07) is 9.37. The number of nitrogens with one attached hydrogen (secondary N) is 1. The highest BCUT2D eigenvalue weighted by atomic mass is 127. The molecule has 0 spiro atoms. The molecule has 1 aromatic carbocycles. The highest BCUT2D eigenvalue weighted by Gasteiger charge is 2.12. The summed E-state index contributed by atoms with van der Waals surface area (Å²) in [7, 11) is 0. The largest absolute Gasteiger partial charge is 0.320 e. The fourth-order valence-electron chi connectivity index (χ4n) is 1.63. The minimum absolute atomic E-state index is 0.0980. The summed E-state index contributed by atoms with van der Waals surface area (Å²) in [5.74, 6) is -0.0980. The Morgan fingerprint density at radius 2 is 2.00 bits per heavy atom. The van der Waals surface area contributed by atoms with Crippen LogP contribution in [0.1, 0.15) is 21.6 Å². The van der Waals surface area contributed by atoms with Gasteiger partial charge in [0.25, 0.3) is 5.91 Å². The van der Waals surface area contributed by atoms with Crippen molar-refractivity contribution in [1.82, 2.24) is 4.98 Å². The molecule has 1 aromatic heterocycles. The number of hydrogen-bond donors (Lipinski definition) is 1. The van der Waals surface area contributed by atoms with Crippen LogP contribution in [-0.2, 0) is 0 Å². The standard InChI is InChI=1S/C14H13IN2O/c1-9-5-3-6-11(13(9)15)14(18)17-12-7-4-8-16-10(12)2/h3-8H,1-2H3,(H,17,18). The maximum Gasteiger partial charge on any atom is 0.256 e. The van der Waals surface area contributed by atoms with Crippen LogP contribution >= 0.6 is 22.6 Å². The van der Waals surface area contributed by atoms with Gasteiger partial charge in [-0.05, 0) is 60.2 Å². The third-order valence-corrected chi connectivity index (χ3v) is 4.12. The molecular formula is C14H13IN2O. The first-order valence-electron chi connectivity index (χ1n) is 5.57. The van der Waals surface area contributed by atoms with Gasteiger partial charge in [-0.2, -0.15) is 0 Å². The van der Waals surface area contributed by atoms with E-state index in [2.05, 4.69) is 32.9 Å². The lowest BCUT2D eigenvalue weighted by molar-refractivity contribution is 0.102. The second-order valence-electron chi connectivity index (χ2n) is 4.03. The van der Waals surface area contributed by atoms with Crippen molar-refractivity contribution in [3.63, 3.8) is 0 Å². The fraction of sp³-hybridized carbons (Fsp3) is 0.143. The van der Waals surface area contributed by atoms with Crippen LogP contribution in [0.4, 0.5) is 5.69 Å². The fourth-order valence-corrected chi connectivity index (χ4v) is 2.23. The summed E-state index contributed by atoms with van der Waals surface area (Å²) in [4.78, 5) is 16.3. The van der Waals surface area contributed by atoms with E-state index in [1.54, 1.807) is 6.20 Å². The molecule has 0 atom stereocenters. The molecule has 18 heavy (non-hydrogen) atoms. The quantitative estimate of drug-likeness (QED) is 0.840. The number of pyridine rings is 1. The van der Waals surface area contributed by atoms with Crippen molar-refractivity contribution in [3.05, 3.63) is 56.9 Å². The van der Waals surface area contributed by atoms with Crippen LogP contribution in [0, 0.1) is 17.4 Å². The summed E-state index contributed by atoms with van der Waals surface area (Å²) in [6.07, 6.45) is 1.71. The molecule has 0 radical (unpaired) electrons. The van der Waals surface area contributed by atoms with E-state index in [1.807, 2.05) is 44.2 Å². The van der Waals surface area contributed by atoms with Gasteiger partial charge in [0.1, 0.15) is 0 Å². The molecule has 2 rings (SSSR count). The number of carbonyl (C=O) groups is 1. The molecule has 0 fully saturated rings. The Kier molecular flexibility index (Phi) is 3.96. The van der Waals surface area contributed by atoms with Crippen molar-refractivity contribution in [2.24, 2.45) is 0 Å². The van der Waals surface area contributed by atoms with E-state index in [0.29, 0.717) is 5.56 Å². The number of aryl methyl sites for hydroxylation is 2. The molecule has 1 N–H and O–H groups in total. The Hall–Kier alpha value is -1.43. The zero-order valence-corrected chi connectivity index (χ0v) is 12.4. The molecule has 0 aliphatic rings. The molecule has 0 bridgehead atoms. The van der Waals surface area contributed by atoms with Gasteiger partial charge in [0, 0.05) is 9.77 Å².